The molecule has 0 unspecified atom stereocenters. The van der Waals surface area contributed by atoms with Crippen LogP contribution in [0.4, 0.5) is 5.69 Å². The second kappa shape index (κ2) is 4.94. The predicted octanol–water partition coefficient (Wildman–Crippen LogP) is 3.24. The number of nitrogen functional groups attached to an aromatic ring is 1. The molecule has 0 saturated carbocycles. The average Bonchev–Trinajstić information content (AvgIpc) is 2.73. The Hall–Kier alpha value is -1.26. The number of anilines is 1. The highest BCUT2D eigenvalue weighted by Crippen LogP contribution is 2.36. The Balaban J connectivity index is 2.60. The predicted molar refractivity (Wildman–Crippen MR) is 70.2 cm³/mol. The maximum Gasteiger partial charge on any atom is 0.167 e. The van der Waals surface area contributed by atoms with E-state index < -0.39 is 0 Å². The number of rotatable bonds is 3. The molecule has 2 N–H and O–H groups in total. The van der Waals surface area contributed by atoms with Crippen LogP contribution >= 0.6 is 23.2 Å². The van der Waals surface area contributed by atoms with Crippen LogP contribution in [0.25, 0.3) is 11.4 Å². The van der Waals surface area contributed by atoms with Gasteiger partial charge in [-0.3, -0.25) is 0 Å². The van der Waals surface area contributed by atoms with Gasteiger partial charge in [0.05, 0.1) is 21.3 Å². The zero-order valence-corrected chi connectivity index (χ0v) is 10.8. The molecule has 2 aromatic rings. The number of hydrogen-bond donors (Lipinski definition) is 1. The van der Waals surface area contributed by atoms with E-state index in [-0.39, 0.29) is 0 Å². The lowest BCUT2D eigenvalue weighted by atomic mass is 10.1. The minimum Gasteiger partial charge on any atom is -0.397 e. The summed E-state index contributed by atoms with van der Waals surface area (Å²) in [6, 6.07) is 3.38. The van der Waals surface area contributed by atoms with Gasteiger partial charge in [-0.05, 0) is 18.6 Å². The lowest BCUT2D eigenvalue weighted by molar-refractivity contribution is 0.683. The van der Waals surface area contributed by atoms with E-state index in [2.05, 4.69) is 17.1 Å². The molecule has 4 nitrogen and oxygen atoms in total. The fraction of sp³-hybridized carbons (Fsp3) is 0.273. The molecule has 0 amide bonds. The Morgan fingerprint density at radius 3 is 2.71 bits per heavy atom. The van der Waals surface area contributed by atoms with Gasteiger partial charge < -0.3 is 10.3 Å². The van der Waals surface area contributed by atoms with E-state index in [1.54, 1.807) is 18.5 Å². The quantitative estimate of drug-likeness (QED) is 0.872. The standard InChI is InChI=1S/C11H12Cl2N4/c1-2-5-17-6-15-16-11(17)9-7(12)3-4-8(13)10(9)14/h3-4,6H,2,5,14H2,1H3. The van der Waals surface area contributed by atoms with E-state index >= 15 is 0 Å². The normalized spacial score (nSPS) is 10.8. The smallest absolute Gasteiger partial charge is 0.167 e. The van der Waals surface area contributed by atoms with Gasteiger partial charge in [-0.2, -0.15) is 0 Å². The van der Waals surface area contributed by atoms with Crippen LogP contribution in [0.1, 0.15) is 13.3 Å². The Labute approximate surface area is 109 Å². The number of benzene rings is 1. The van der Waals surface area contributed by atoms with Crippen molar-refractivity contribution >= 4 is 28.9 Å². The molecule has 17 heavy (non-hydrogen) atoms. The Morgan fingerprint density at radius 1 is 1.29 bits per heavy atom. The van der Waals surface area contributed by atoms with Gasteiger partial charge in [-0.15, -0.1) is 10.2 Å². The summed E-state index contributed by atoms with van der Waals surface area (Å²) in [5.41, 5.74) is 7.02. The highest BCUT2D eigenvalue weighted by Gasteiger charge is 2.16. The van der Waals surface area contributed by atoms with Crippen LogP contribution in [-0.2, 0) is 6.54 Å². The first-order valence-corrected chi connectivity index (χ1v) is 6.02. The molecule has 0 aliphatic heterocycles. The molecule has 90 valence electrons. The van der Waals surface area contributed by atoms with Crippen LogP contribution < -0.4 is 5.73 Å². The van der Waals surface area contributed by atoms with Crippen LogP contribution in [0.15, 0.2) is 18.5 Å². The summed E-state index contributed by atoms with van der Waals surface area (Å²) in [4.78, 5) is 0. The van der Waals surface area contributed by atoms with Crippen molar-refractivity contribution in [2.75, 3.05) is 5.73 Å². The van der Waals surface area contributed by atoms with Gasteiger partial charge in [0, 0.05) is 6.54 Å². The maximum absolute atomic E-state index is 6.15. The van der Waals surface area contributed by atoms with Crippen molar-refractivity contribution in [3.8, 4) is 11.4 Å². The lowest BCUT2D eigenvalue weighted by Gasteiger charge is -2.10. The van der Waals surface area contributed by atoms with E-state index in [1.165, 1.54) is 0 Å². The van der Waals surface area contributed by atoms with Crippen molar-refractivity contribution in [2.45, 2.75) is 19.9 Å². The highest BCUT2D eigenvalue weighted by molar-refractivity contribution is 6.37. The van der Waals surface area contributed by atoms with Crippen molar-refractivity contribution in [3.05, 3.63) is 28.5 Å². The third-order valence-electron chi connectivity index (χ3n) is 2.45. The van der Waals surface area contributed by atoms with Gasteiger partial charge in [0.15, 0.2) is 5.82 Å². The molecule has 6 heteroatoms. The molecule has 2 rings (SSSR count). The van der Waals surface area contributed by atoms with Crippen LogP contribution in [-0.4, -0.2) is 14.8 Å². The van der Waals surface area contributed by atoms with E-state index in [0.717, 1.165) is 13.0 Å². The Kier molecular flexibility index (Phi) is 3.54. The van der Waals surface area contributed by atoms with Gasteiger partial charge >= 0.3 is 0 Å². The Morgan fingerprint density at radius 2 is 2.00 bits per heavy atom. The first-order valence-electron chi connectivity index (χ1n) is 5.26. The van der Waals surface area contributed by atoms with Gasteiger partial charge in [0.25, 0.3) is 0 Å². The van der Waals surface area contributed by atoms with Gasteiger partial charge in [0.2, 0.25) is 0 Å². The number of nitrogens with zero attached hydrogens (tertiary/aromatic N) is 3. The summed E-state index contributed by atoms with van der Waals surface area (Å²) in [5.74, 6) is 0.650. The van der Waals surface area contributed by atoms with Gasteiger partial charge in [-0.1, -0.05) is 30.1 Å². The van der Waals surface area contributed by atoms with Gasteiger partial charge in [0.1, 0.15) is 6.33 Å². The highest BCUT2D eigenvalue weighted by atomic mass is 35.5. The first kappa shape index (κ1) is 12.2. The monoisotopic (exact) mass is 270 g/mol. The third-order valence-corrected chi connectivity index (χ3v) is 3.09. The molecule has 0 radical (unpaired) electrons. The minimum atomic E-state index is 0.435. The van der Waals surface area contributed by atoms with E-state index in [4.69, 9.17) is 28.9 Å². The van der Waals surface area contributed by atoms with Gasteiger partial charge in [-0.25, -0.2) is 0 Å². The van der Waals surface area contributed by atoms with Crippen molar-refractivity contribution in [3.63, 3.8) is 0 Å². The fourth-order valence-electron chi connectivity index (χ4n) is 1.65. The molecule has 0 spiro atoms. The van der Waals surface area contributed by atoms with E-state index in [0.29, 0.717) is 27.1 Å². The van der Waals surface area contributed by atoms with E-state index in [9.17, 15) is 0 Å². The molecule has 0 fully saturated rings. The topological polar surface area (TPSA) is 56.7 Å². The minimum absolute atomic E-state index is 0.435. The number of aromatic nitrogens is 3. The van der Waals surface area contributed by atoms with Crippen LogP contribution in [0, 0.1) is 0 Å². The molecule has 0 aliphatic rings. The first-order chi connectivity index (χ1) is 8.15. The molecule has 0 aliphatic carbocycles. The molecule has 1 aromatic heterocycles. The second-order valence-corrected chi connectivity index (χ2v) is 4.48. The fourth-order valence-corrected chi connectivity index (χ4v) is 2.05. The molecule has 1 heterocycles. The molecule has 1 aromatic carbocycles. The zero-order valence-electron chi connectivity index (χ0n) is 9.32. The summed E-state index contributed by atoms with van der Waals surface area (Å²) in [6.45, 7) is 2.89. The lowest BCUT2D eigenvalue weighted by Crippen LogP contribution is -2.01. The van der Waals surface area contributed by atoms with Crippen LogP contribution in [0.5, 0.6) is 0 Å². The summed E-state index contributed by atoms with van der Waals surface area (Å²) in [7, 11) is 0. The second-order valence-electron chi connectivity index (χ2n) is 3.67. The van der Waals surface area contributed by atoms with Crippen molar-refractivity contribution in [2.24, 2.45) is 0 Å². The summed E-state index contributed by atoms with van der Waals surface area (Å²) >= 11 is 12.1. The zero-order chi connectivity index (χ0) is 12.4. The number of nitrogens with two attached hydrogens (primary N) is 1. The number of hydrogen-bond acceptors (Lipinski definition) is 3. The van der Waals surface area contributed by atoms with Crippen molar-refractivity contribution in [1.82, 2.24) is 14.8 Å². The molecule has 0 saturated heterocycles. The molecule has 0 atom stereocenters. The van der Waals surface area contributed by atoms with Crippen LogP contribution in [0.2, 0.25) is 10.0 Å². The number of aryl methyl sites for hydroxylation is 1. The Bertz CT molecular complexity index is 536. The van der Waals surface area contributed by atoms with E-state index in [1.807, 2.05) is 4.57 Å². The number of halogens is 2. The molecule has 0 bridgehead atoms. The van der Waals surface area contributed by atoms with Crippen molar-refractivity contribution < 1.29 is 0 Å². The molecular formula is C11H12Cl2N4. The van der Waals surface area contributed by atoms with Crippen molar-refractivity contribution in [1.29, 1.82) is 0 Å². The SMILES string of the molecule is CCCn1cnnc1-c1c(Cl)ccc(Cl)c1N. The molecular weight excluding hydrogens is 259 g/mol. The summed E-state index contributed by atoms with van der Waals surface area (Å²) < 4.78 is 1.91. The summed E-state index contributed by atoms with van der Waals surface area (Å²) in [5, 5.41) is 8.94. The van der Waals surface area contributed by atoms with Crippen LogP contribution in [0.3, 0.4) is 0 Å². The summed E-state index contributed by atoms with van der Waals surface area (Å²) in [6.07, 6.45) is 2.64. The largest absolute Gasteiger partial charge is 0.397 e. The maximum atomic E-state index is 6.15. The third kappa shape index (κ3) is 2.23. The average molecular weight is 271 g/mol.